The molecule has 2 N–H and O–H groups in total. The minimum atomic E-state index is 0.242. The Morgan fingerprint density at radius 1 is 1.21 bits per heavy atom. The van der Waals surface area contributed by atoms with E-state index in [1.54, 1.807) is 13.1 Å². The van der Waals surface area contributed by atoms with Crippen LogP contribution in [-0.2, 0) is 0 Å². The predicted molar refractivity (Wildman–Crippen MR) is 83.4 cm³/mol. The summed E-state index contributed by atoms with van der Waals surface area (Å²) in [5.74, 6) is 0.828. The van der Waals surface area contributed by atoms with Crippen LogP contribution < -0.4 is 15.4 Å². The number of rotatable bonds is 4. The fourth-order valence-corrected chi connectivity index (χ4v) is 2.33. The first kappa shape index (κ1) is 14.1. The van der Waals surface area contributed by atoms with E-state index in [9.17, 15) is 0 Å². The van der Waals surface area contributed by atoms with Crippen LogP contribution in [-0.4, -0.2) is 29.1 Å². The first-order valence-corrected chi connectivity index (χ1v) is 6.78. The van der Waals surface area contributed by atoms with Crippen molar-refractivity contribution in [3.05, 3.63) is 26.8 Å². The van der Waals surface area contributed by atoms with E-state index in [2.05, 4.69) is 48.2 Å². The highest BCUT2D eigenvalue weighted by Gasteiger charge is 2.08. The number of anilines is 3. The Morgan fingerprint density at radius 3 is 2.58 bits per heavy atom. The molecule has 1 heterocycles. The molecule has 0 fully saturated rings. The molecular formula is C11H11ClIN5O. The van der Waals surface area contributed by atoms with Crippen molar-refractivity contribution >= 4 is 51.8 Å². The number of nitrogens with zero attached hydrogens (tertiary/aromatic N) is 3. The summed E-state index contributed by atoms with van der Waals surface area (Å²) in [6.45, 7) is 0. The molecule has 0 aliphatic heterocycles. The minimum Gasteiger partial charge on any atom is -0.467 e. The summed E-state index contributed by atoms with van der Waals surface area (Å²) < 4.78 is 5.99. The van der Waals surface area contributed by atoms with Gasteiger partial charge in [0.1, 0.15) is 0 Å². The van der Waals surface area contributed by atoms with Crippen molar-refractivity contribution < 1.29 is 4.74 Å². The molecular weight excluding hydrogens is 381 g/mol. The molecule has 0 radical (unpaired) electrons. The van der Waals surface area contributed by atoms with E-state index in [4.69, 9.17) is 16.3 Å². The summed E-state index contributed by atoms with van der Waals surface area (Å²) in [6, 6.07) is 5.75. The van der Waals surface area contributed by atoms with Gasteiger partial charge in [-0.25, -0.2) is 0 Å². The SMILES string of the molecule is CNc1nc(Nc2ccc(Cl)cc2I)nc(OC)n1. The van der Waals surface area contributed by atoms with Gasteiger partial charge in [-0.2, -0.15) is 15.0 Å². The third kappa shape index (κ3) is 3.57. The highest BCUT2D eigenvalue weighted by atomic mass is 127. The molecule has 0 spiro atoms. The van der Waals surface area contributed by atoms with Gasteiger partial charge in [-0.1, -0.05) is 11.6 Å². The highest BCUT2D eigenvalue weighted by molar-refractivity contribution is 14.1. The Balaban J connectivity index is 2.31. The third-order valence-electron chi connectivity index (χ3n) is 2.20. The maximum Gasteiger partial charge on any atom is 0.322 e. The maximum atomic E-state index is 5.91. The molecule has 2 rings (SSSR count). The summed E-state index contributed by atoms with van der Waals surface area (Å²) in [5, 5.41) is 6.63. The van der Waals surface area contributed by atoms with E-state index in [0.717, 1.165) is 9.26 Å². The molecule has 0 atom stereocenters. The average molecular weight is 392 g/mol. The highest BCUT2D eigenvalue weighted by Crippen LogP contribution is 2.25. The molecule has 19 heavy (non-hydrogen) atoms. The smallest absolute Gasteiger partial charge is 0.322 e. The van der Waals surface area contributed by atoms with Gasteiger partial charge >= 0.3 is 6.01 Å². The molecule has 8 heteroatoms. The molecule has 1 aromatic heterocycles. The largest absolute Gasteiger partial charge is 0.467 e. The van der Waals surface area contributed by atoms with Crippen LogP contribution in [0.1, 0.15) is 0 Å². The van der Waals surface area contributed by atoms with E-state index in [0.29, 0.717) is 16.9 Å². The molecule has 0 amide bonds. The zero-order chi connectivity index (χ0) is 13.8. The fourth-order valence-electron chi connectivity index (χ4n) is 1.33. The van der Waals surface area contributed by atoms with Gasteiger partial charge in [-0.3, -0.25) is 0 Å². The van der Waals surface area contributed by atoms with Crippen LogP contribution in [0, 0.1) is 3.57 Å². The fraction of sp³-hybridized carbons (Fsp3) is 0.182. The Labute approximate surface area is 129 Å². The van der Waals surface area contributed by atoms with Crippen LogP contribution in [0.2, 0.25) is 5.02 Å². The lowest BCUT2D eigenvalue weighted by Crippen LogP contribution is -2.06. The number of halogens is 2. The van der Waals surface area contributed by atoms with Gasteiger partial charge in [0.25, 0.3) is 0 Å². The first-order chi connectivity index (χ1) is 9.12. The number of methoxy groups -OCH3 is 1. The number of ether oxygens (including phenoxy) is 1. The topological polar surface area (TPSA) is 72.0 Å². The summed E-state index contributed by atoms with van der Waals surface area (Å²) in [5.41, 5.74) is 0.861. The molecule has 0 aliphatic carbocycles. The molecule has 0 unspecified atom stereocenters. The number of hydrogen-bond donors (Lipinski definition) is 2. The monoisotopic (exact) mass is 391 g/mol. The molecule has 100 valence electrons. The first-order valence-electron chi connectivity index (χ1n) is 5.32. The van der Waals surface area contributed by atoms with Gasteiger partial charge in [0.05, 0.1) is 12.8 Å². The van der Waals surface area contributed by atoms with E-state index in [1.165, 1.54) is 7.11 Å². The minimum absolute atomic E-state index is 0.242. The van der Waals surface area contributed by atoms with Gasteiger partial charge in [0, 0.05) is 15.6 Å². The third-order valence-corrected chi connectivity index (χ3v) is 3.33. The maximum absolute atomic E-state index is 5.91. The molecule has 1 aromatic carbocycles. The molecule has 0 saturated heterocycles. The van der Waals surface area contributed by atoms with Crippen LogP contribution in [0.25, 0.3) is 0 Å². The molecule has 0 aliphatic rings. The normalized spacial score (nSPS) is 10.1. The number of hydrogen-bond acceptors (Lipinski definition) is 6. The summed E-state index contributed by atoms with van der Waals surface area (Å²) in [7, 11) is 3.23. The lowest BCUT2D eigenvalue weighted by Gasteiger charge is -2.09. The molecule has 2 aromatic rings. The van der Waals surface area contributed by atoms with E-state index in [1.807, 2.05) is 12.1 Å². The average Bonchev–Trinajstić information content (AvgIpc) is 2.41. The van der Waals surface area contributed by atoms with Crippen LogP contribution >= 0.6 is 34.2 Å². The summed E-state index contributed by atoms with van der Waals surface area (Å²) >= 11 is 8.10. The quantitative estimate of drug-likeness (QED) is 0.781. The Morgan fingerprint density at radius 2 is 1.95 bits per heavy atom. The lowest BCUT2D eigenvalue weighted by molar-refractivity contribution is 0.379. The predicted octanol–water partition coefficient (Wildman–Crippen LogP) is 2.92. The number of benzene rings is 1. The summed E-state index contributed by atoms with van der Waals surface area (Å²) in [6.07, 6.45) is 0. The van der Waals surface area contributed by atoms with E-state index in [-0.39, 0.29) is 6.01 Å². The van der Waals surface area contributed by atoms with Gasteiger partial charge in [0.2, 0.25) is 11.9 Å². The van der Waals surface area contributed by atoms with Crippen LogP contribution in [0.3, 0.4) is 0 Å². The van der Waals surface area contributed by atoms with Crippen molar-refractivity contribution in [2.75, 3.05) is 24.8 Å². The van der Waals surface area contributed by atoms with Crippen molar-refractivity contribution in [2.24, 2.45) is 0 Å². The molecule has 0 saturated carbocycles. The second kappa shape index (κ2) is 6.20. The molecule has 0 bridgehead atoms. The second-order valence-corrected chi connectivity index (χ2v) is 5.07. The van der Waals surface area contributed by atoms with Crippen molar-refractivity contribution in [1.82, 2.24) is 15.0 Å². The summed E-state index contributed by atoms with van der Waals surface area (Å²) in [4.78, 5) is 12.4. The Bertz CT molecular complexity index is 573. The number of nitrogens with one attached hydrogen (secondary N) is 2. The standard InChI is InChI=1S/C11H11ClIN5O/c1-14-9-16-10(18-11(17-9)19-2)15-8-4-3-6(12)5-7(8)13/h3-5H,1-2H3,(H2,14,15,16,17,18). The van der Waals surface area contributed by atoms with Crippen molar-refractivity contribution in [3.8, 4) is 6.01 Å². The van der Waals surface area contributed by atoms with Gasteiger partial charge < -0.3 is 15.4 Å². The van der Waals surface area contributed by atoms with E-state index >= 15 is 0 Å². The van der Waals surface area contributed by atoms with Crippen LogP contribution in [0.5, 0.6) is 6.01 Å². The van der Waals surface area contributed by atoms with Crippen LogP contribution in [0.4, 0.5) is 17.6 Å². The zero-order valence-electron chi connectivity index (χ0n) is 10.2. The van der Waals surface area contributed by atoms with E-state index < -0.39 is 0 Å². The van der Waals surface area contributed by atoms with Crippen molar-refractivity contribution in [2.45, 2.75) is 0 Å². The van der Waals surface area contributed by atoms with Gasteiger partial charge in [-0.15, -0.1) is 0 Å². The molecule has 6 nitrogen and oxygen atoms in total. The Hall–Kier alpha value is -1.35. The van der Waals surface area contributed by atoms with Gasteiger partial charge in [-0.05, 0) is 40.8 Å². The number of aromatic nitrogens is 3. The van der Waals surface area contributed by atoms with Crippen LogP contribution in [0.15, 0.2) is 18.2 Å². The van der Waals surface area contributed by atoms with Crippen molar-refractivity contribution in [3.63, 3.8) is 0 Å². The zero-order valence-corrected chi connectivity index (χ0v) is 13.2. The Kier molecular flexibility index (Phi) is 4.59. The second-order valence-electron chi connectivity index (χ2n) is 3.47. The lowest BCUT2D eigenvalue weighted by atomic mass is 10.3. The van der Waals surface area contributed by atoms with Crippen molar-refractivity contribution in [1.29, 1.82) is 0 Å². The van der Waals surface area contributed by atoms with Gasteiger partial charge in [0.15, 0.2) is 0 Å².